The molecule has 35 heavy (non-hydrogen) atoms. The monoisotopic (exact) mass is 535 g/mol. The van der Waals surface area contributed by atoms with Gasteiger partial charge < -0.3 is 9.15 Å². The molecule has 0 N–H and O–H groups in total. The number of hydrogen-bond donors (Lipinski definition) is 0. The van der Waals surface area contributed by atoms with Crippen LogP contribution in [0.15, 0.2) is 86.0 Å². The summed E-state index contributed by atoms with van der Waals surface area (Å²) in [6, 6.07) is 17.8. The average molecular weight is 536 g/mol. The molecule has 2 heterocycles. The summed E-state index contributed by atoms with van der Waals surface area (Å²) < 4.78 is 63.5. The van der Waals surface area contributed by atoms with E-state index in [1.165, 1.54) is 40.3 Å². The molecular weight excluding hydrogens is 510 g/mol. The van der Waals surface area contributed by atoms with Crippen molar-refractivity contribution in [3.8, 4) is 0 Å². The van der Waals surface area contributed by atoms with Gasteiger partial charge in [0.2, 0.25) is 10.0 Å². The van der Waals surface area contributed by atoms with Gasteiger partial charge in [-0.2, -0.15) is 4.31 Å². The van der Waals surface area contributed by atoms with Crippen molar-refractivity contribution >= 4 is 37.6 Å². The number of hydrogen-bond acceptors (Lipinski definition) is 8. The molecule has 0 saturated carbocycles. The fourth-order valence-electron chi connectivity index (χ4n) is 3.78. The minimum absolute atomic E-state index is 0.0414. The van der Waals surface area contributed by atoms with Crippen LogP contribution in [0.25, 0.3) is 0 Å². The Morgan fingerprint density at radius 1 is 1.09 bits per heavy atom. The Labute approximate surface area is 209 Å². The molecule has 0 radical (unpaired) electrons. The molecule has 0 bridgehead atoms. The van der Waals surface area contributed by atoms with Gasteiger partial charge in [-0.3, -0.25) is 0 Å². The molecule has 1 aliphatic heterocycles. The molecule has 1 fully saturated rings. The van der Waals surface area contributed by atoms with E-state index in [1.54, 1.807) is 19.1 Å². The van der Waals surface area contributed by atoms with Crippen LogP contribution in [0.5, 0.6) is 0 Å². The van der Waals surface area contributed by atoms with Crippen LogP contribution in [-0.4, -0.2) is 51.3 Å². The van der Waals surface area contributed by atoms with E-state index < -0.39 is 31.9 Å². The zero-order valence-corrected chi connectivity index (χ0v) is 21.4. The van der Waals surface area contributed by atoms with Crippen LogP contribution >= 0.6 is 11.8 Å². The normalized spacial score (nSPS) is 17.5. The Morgan fingerprint density at radius 3 is 2.43 bits per heavy atom. The second-order valence-electron chi connectivity index (χ2n) is 7.99. The number of nitrogens with zero attached hydrogens (tertiary/aromatic N) is 1. The smallest absolute Gasteiger partial charge is 0.338 e. The molecule has 4 rings (SSSR count). The molecular formula is C24H25NO7S3. The van der Waals surface area contributed by atoms with Gasteiger partial charge in [-0.1, -0.05) is 30.0 Å². The third-order valence-corrected chi connectivity index (χ3v) is 10.1. The molecule has 0 spiro atoms. The van der Waals surface area contributed by atoms with Crippen LogP contribution < -0.4 is 0 Å². The first-order valence-corrected chi connectivity index (χ1v) is 15.1. The Morgan fingerprint density at radius 2 is 1.80 bits per heavy atom. The predicted octanol–water partition coefficient (Wildman–Crippen LogP) is 3.99. The van der Waals surface area contributed by atoms with Crippen LogP contribution in [0.1, 0.15) is 29.5 Å². The summed E-state index contributed by atoms with van der Waals surface area (Å²) in [7, 11) is -7.42. The molecule has 0 amide bonds. The summed E-state index contributed by atoms with van der Waals surface area (Å²) in [5, 5.41) is 0.599. The lowest BCUT2D eigenvalue weighted by Crippen LogP contribution is -2.40. The molecule has 1 atom stereocenters. The highest BCUT2D eigenvalue weighted by Crippen LogP contribution is 2.32. The van der Waals surface area contributed by atoms with Crippen molar-refractivity contribution in [2.75, 3.05) is 18.1 Å². The SMILES string of the molecule is CCOC(=O)c1ccc(S(=O)(=O)N(Cc2ccc(Sc3ccccc3)o2)[C@@H]2CCS(=O)(=O)C2)cc1. The number of sulfone groups is 1. The van der Waals surface area contributed by atoms with E-state index in [1.807, 2.05) is 30.3 Å². The number of esters is 1. The standard InChI is InChI=1S/C24H25NO7S3/c1-2-31-24(26)18-8-11-22(12-9-18)35(29,30)25(19-14-15-34(27,28)17-19)16-20-10-13-23(32-20)33-21-6-4-3-5-7-21/h3-13,19H,2,14-17H2,1H3/t19-/m1/s1. The molecule has 8 nitrogen and oxygen atoms in total. The minimum Gasteiger partial charge on any atom is -0.462 e. The first-order valence-electron chi connectivity index (χ1n) is 11.0. The maximum absolute atomic E-state index is 13.6. The average Bonchev–Trinajstić information content (AvgIpc) is 3.43. The zero-order valence-electron chi connectivity index (χ0n) is 19.0. The van der Waals surface area contributed by atoms with Gasteiger partial charge in [0, 0.05) is 10.9 Å². The number of carbonyl (C=O) groups excluding carboxylic acids is 1. The maximum Gasteiger partial charge on any atom is 0.338 e. The van der Waals surface area contributed by atoms with Gasteiger partial charge in [-0.15, -0.1) is 0 Å². The van der Waals surface area contributed by atoms with Gasteiger partial charge in [-0.05, 0) is 61.9 Å². The van der Waals surface area contributed by atoms with Crippen molar-refractivity contribution in [2.24, 2.45) is 0 Å². The molecule has 2 aromatic carbocycles. The van der Waals surface area contributed by atoms with Crippen LogP contribution in [-0.2, 0) is 31.1 Å². The Kier molecular flexibility index (Phi) is 7.70. The Hall–Kier alpha value is -2.60. The third-order valence-electron chi connectivity index (χ3n) is 5.50. The van der Waals surface area contributed by atoms with Crippen LogP contribution in [0, 0.1) is 0 Å². The van der Waals surface area contributed by atoms with E-state index in [-0.39, 0.29) is 41.5 Å². The Bertz CT molecular complexity index is 1380. The molecule has 186 valence electrons. The van der Waals surface area contributed by atoms with E-state index in [0.29, 0.717) is 10.9 Å². The Balaban J connectivity index is 1.60. The number of furan rings is 1. The molecule has 0 unspecified atom stereocenters. The first kappa shape index (κ1) is 25.5. The molecule has 1 saturated heterocycles. The summed E-state index contributed by atoms with van der Waals surface area (Å²) >= 11 is 1.41. The minimum atomic E-state index is -4.09. The summed E-state index contributed by atoms with van der Waals surface area (Å²) in [4.78, 5) is 12.9. The largest absolute Gasteiger partial charge is 0.462 e. The summed E-state index contributed by atoms with van der Waals surface area (Å²) in [6.45, 7) is 1.77. The lowest BCUT2D eigenvalue weighted by molar-refractivity contribution is 0.0526. The van der Waals surface area contributed by atoms with Gasteiger partial charge >= 0.3 is 5.97 Å². The lowest BCUT2D eigenvalue weighted by atomic mass is 10.2. The number of sulfonamides is 1. The molecule has 1 aromatic heterocycles. The van der Waals surface area contributed by atoms with Gasteiger partial charge in [-0.25, -0.2) is 21.6 Å². The number of rotatable bonds is 9. The zero-order chi connectivity index (χ0) is 25.1. The summed E-state index contributed by atoms with van der Waals surface area (Å²) in [5.41, 5.74) is 0.231. The first-order chi connectivity index (χ1) is 16.7. The van der Waals surface area contributed by atoms with E-state index in [4.69, 9.17) is 9.15 Å². The van der Waals surface area contributed by atoms with Crippen molar-refractivity contribution in [1.82, 2.24) is 4.31 Å². The van der Waals surface area contributed by atoms with Crippen molar-refractivity contribution in [3.63, 3.8) is 0 Å². The lowest BCUT2D eigenvalue weighted by Gasteiger charge is -2.26. The third kappa shape index (κ3) is 6.16. The second-order valence-corrected chi connectivity index (χ2v) is 13.2. The maximum atomic E-state index is 13.6. The van der Waals surface area contributed by atoms with Gasteiger partial charge in [0.1, 0.15) is 5.76 Å². The van der Waals surface area contributed by atoms with Crippen molar-refractivity contribution in [1.29, 1.82) is 0 Å². The molecule has 3 aromatic rings. The predicted molar refractivity (Wildman–Crippen MR) is 131 cm³/mol. The topological polar surface area (TPSA) is 111 Å². The highest BCUT2D eigenvalue weighted by atomic mass is 32.2. The van der Waals surface area contributed by atoms with Gasteiger partial charge in [0.15, 0.2) is 14.9 Å². The quantitative estimate of drug-likeness (QED) is 0.378. The van der Waals surface area contributed by atoms with E-state index in [0.717, 1.165) is 4.90 Å². The van der Waals surface area contributed by atoms with Crippen LogP contribution in [0.4, 0.5) is 0 Å². The molecule has 1 aliphatic rings. The van der Waals surface area contributed by atoms with Crippen molar-refractivity contribution in [3.05, 3.63) is 78.1 Å². The van der Waals surface area contributed by atoms with Crippen molar-refractivity contribution < 1.29 is 30.8 Å². The number of carbonyl (C=O) groups is 1. The summed E-state index contributed by atoms with van der Waals surface area (Å²) in [6.07, 6.45) is 0.203. The van der Waals surface area contributed by atoms with E-state index in [9.17, 15) is 21.6 Å². The fraction of sp³-hybridized carbons (Fsp3) is 0.292. The summed E-state index contributed by atoms with van der Waals surface area (Å²) in [5.74, 6) is -0.466. The van der Waals surface area contributed by atoms with Gasteiger partial charge in [0.25, 0.3) is 0 Å². The van der Waals surface area contributed by atoms with E-state index >= 15 is 0 Å². The molecule has 0 aliphatic carbocycles. The fourth-order valence-corrected chi connectivity index (χ4v) is 8.04. The highest BCUT2D eigenvalue weighted by Gasteiger charge is 2.39. The van der Waals surface area contributed by atoms with E-state index in [2.05, 4.69) is 0 Å². The molecule has 11 heteroatoms. The van der Waals surface area contributed by atoms with Crippen LogP contribution in [0.3, 0.4) is 0 Å². The van der Waals surface area contributed by atoms with Crippen molar-refractivity contribution in [2.45, 2.75) is 40.8 Å². The van der Waals surface area contributed by atoms with Crippen LogP contribution in [0.2, 0.25) is 0 Å². The van der Waals surface area contributed by atoms with Gasteiger partial charge in [0.05, 0.1) is 35.1 Å². The number of benzene rings is 2. The number of ether oxygens (including phenoxy) is 1. The second kappa shape index (κ2) is 10.6. The highest BCUT2D eigenvalue weighted by molar-refractivity contribution is 7.99.